The number of para-hydroxylation sites is 2. The van der Waals surface area contributed by atoms with Crippen LogP contribution in [0.25, 0.3) is 97.6 Å². The number of hydrogen-bond donors (Lipinski definition) is 0. The minimum Gasteiger partial charge on any atom is -0.311 e. The third-order valence-corrected chi connectivity index (χ3v) is 15.1. The van der Waals surface area contributed by atoms with Crippen molar-refractivity contribution < 1.29 is 0 Å². The van der Waals surface area contributed by atoms with Gasteiger partial charge in [-0.25, -0.2) is 15.0 Å². The van der Waals surface area contributed by atoms with Crippen molar-refractivity contribution in [2.75, 3.05) is 9.80 Å². The van der Waals surface area contributed by atoms with Crippen LogP contribution in [0.5, 0.6) is 0 Å². The zero-order chi connectivity index (χ0) is 43.5. The number of anilines is 6. The lowest BCUT2D eigenvalue weighted by Crippen LogP contribution is -2.61. The molecule has 5 nitrogen and oxygen atoms in total. The van der Waals surface area contributed by atoms with Crippen molar-refractivity contribution in [3.05, 3.63) is 207 Å². The van der Waals surface area contributed by atoms with Gasteiger partial charge in [-0.2, -0.15) is 0 Å². The fraction of sp³-hybridized carbons (Fsp3) is 0. The minimum absolute atomic E-state index is 0.149. The van der Waals surface area contributed by atoms with Crippen LogP contribution in [0.1, 0.15) is 0 Å². The summed E-state index contributed by atoms with van der Waals surface area (Å²) in [6.45, 7) is -0.149. The molecule has 0 amide bonds. The summed E-state index contributed by atoms with van der Waals surface area (Å²) in [5, 5.41) is 20.4. The fourth-order valence-corrected chi connectivity index (χ4v) is 12.6. The smallest absolute Gasteiger partial charge is 0.252 e. The summed E-state index contributed by atoms with van der Waals surface area (Å²) in [7, 11) is 0. The van der Waals surface area contributed by atoms with Gasteiger partial charge in [-0.05, 0) is 128 Å². The lowest BCUT2D eigenvalue weighted by molar-refractivity contribution is 1.06. The summed E-state index contributed by atoms with van der Waals surface area (Å²) in [5.74, 6) is 0.631. The minimum atomic E-state index is -0.149. The number of nitrogens with zero attached hydrogens (tertiary/aromatic N) is 5. The van der Waals surface area contributed by atoms with Gasteiger partial charge in [-0.15, -0.1) is 0 Å². The molecule has 306 valence electrons. The normalized spacial score (nSPS) is 13.3. The number of hydrogen-bond acceptors (Lipinski definition) is 5. The Morgan fingerprint density at radius 1 is 0.343 bits per heavy atom. The first kappa shape index (κ1) is 35.5. The van der Waals surface area contributed by atoms with Gasteiger partial charge >= 0.3 is 0 Å². The maximum absolute atomic E-state index is 4.80. The average Bonchev–Trinajstić information content (AvgIpc) is 3.39. The fourth-order valence-electron chi connectivity index (χ4n) is 12.6. The summed E-state index contributed by atoms with van der Waals surface area (Å²) in [4.78, 5) is 18.9. The number of benzene rings is 13. The molecule has 0 spiro atoms. The van der Waals surface area contributed by atoms with Crippen LogP contribution < -0.4 is 26.2 Å². The van der Waals surface area contributed by atoms with Gasteiger partial charge in [0.05, 0.1) is 0 Å². The topological polar surface area (TPSA) is 45.2 Å². The standard InChI is InChI=1S/C61H34BN5/c1-3-17-38(18-4-1)66-52-29-37(61-64-33-63-34-65-61)30-53-58(52)62(50-31-48-44-23-9-15-35-13-7-21-40(54(35)44)42-25-11-27-46(56(42)48)59(50)66)51-32-49-45-24-10-16-36-14-8-22-41(55(36)45)43-26-12-28-47(57(43)49)60(51)67(53)39-19-5-2-6-20-39/h1-34H. The Bertz CT molecular complexity index is 4130. The van der Waals surface area contributed by atoms with Crippen LogP contribution >= 0.6 is 0 Å². The molecule has 3 heterocycles. The van der Waals surface area contributed by atoms with Gasteiger partial charge < -0.3 is 9.80 Å². The molecule has 2 aliphatic heterocycles. The Labute approximate surface area is 384 Å². The Morgan fingerprint density at radius 3 is 1.18 bits per heavy atom. The van der Waals surface area contributed by atoms with Crippen LogP contribution in [0.3, 0.4) is 0 Å². The molecule has 67 heavy (non-hydrogen) atoms. The molecule has 0 fully saturated rings. The maximum atomic E-state index is 4.80. The summed E-state index contributed by atoms with van der Waals surface area (Å²) in [5.41, 5.74) is 11.5. The zero-order valence-corrected chi connectivity index (χ0v) is 35.9. The molecule has 0 radical (unpaired) electrons. The molecule has 16 rings (SSSR count). The predicted octanol–water partition coefficient (Wildman–Crippen LogP) is 13.7. The monoisotopic (exact) mass is 847 g/mol. The van der Waals surface area contributed by atoms with E-state index in [-0.39, 0.29) is 6.71 Å². The van der Waals surface area contributed by atoms with E-state index in [1.54, 1.807) is 12.7 Å². The van der Waals surface area contributed by atoms with Gasteiger partial charge in [0.2, 0.25) is 0 Å². The van der Waals surface area contributed by atoms with E-state index in [1.165, 1.54) is 114 Å². The SMILES string of the molecule is c1ccc(N2c3cc(-c4ncncn4)cc4c3B(c3cc5c6cccc7cccc(c8cccc(c32)c85)c76)c2cc3c5cccc6cccc(c7cccc(c2N4c2ccccc2)c73)c65)cc1. The van der Waals surface area contributed by atoms with Crippen molar-refractivity contribution in [2.24, 2.45) is 0 Å². The van der Waals surface area contributed by atoms with Crippen molar-refractivity contribution in [2.45, 2.75) is 0 Å². The highest BCUT2D eigenvalue weighted by molar-refractivity contribution is 7.01. The van der Waals surface area contributed by atoms with Gasteiger partial charge in [-0.1, -0.05) is 158 Å². The largest absolute Gasteiger partial charge is 0.311 e. The molecule has 0 saturated heterocycles. The maximum Gasteiger partial charge on any atom is 0.252 e. The summed E-state index contributed by atoms with van der Waals surface area (Å²) in [6, 6.07) is 72.8. The molecule has 13 aromatic carbocycles. The van der Waals surface area contributed by atoms with E-state index in [0.29, 0.717) is 5.82 Å². The predicted molar refractivity (Wildman–Crippen MR) is 282 cm³/mol. The molecular formula is C61H34BN5. The van der Waals surface area contributed by atoms with E-state index < -0.39 is 0 Å². The quantitative estimate of drug-likeness (QED) is 0.101. The van der Waals surface area contributed by atoms with Gasteiger partial charge in [0.25, 0.3) is 6.71 Å². The third kappa shape index (κ3) is 4.56. The van der Waals surface area contributed by atoms with E-state index >= 15 is 0 Å². The van der Waals surface area contributed by atoms with Crippen molar-refractivity contribution in [1.29, 1.82) is 0 Å². The lowest BCUT2D eigenvalue weighted by Gasteiger charge is -2.45. The van der Waals surface area contributed by atoms with E-state index in [1.807, 2.05) is 0 Å². The molecule has 0 unspecified atom stereocenters. The Hall–Kier alpha value is -8.87. The van der Waals surface area contributed by atoms with Crippen LogP contribution in [0, 0.1) is 0 Å². The summed E-state index contributed by atoms with van der Waals surface area (Å²) < 4.78 is 0. The first-order valence-electron chi connectivity index (χ1n) is 23.0. The van der Waals surface area contributed by atoms with Crippen LogP contribution in [0.4, 0.5) is 34.1 Å². The van der Waals surface area contributed by atoms with Gasteiger partial charge in [-0.3, -0.25) is 0 Å². The molecule has 0 atom stereocenters. The highest BCUT2D eigenvalue weighted by Gasteiger charge is 2.46. The van der Waals surface area contributed by atoms with Crippen molar-refractivity contribution in [1.82, 2.24) is 15.0 Å². The Kier molecular flexibility index (Phi) is 6.83. The van der Waals surface area contributed by atoms with Crippen molar-refractivity contribution in [3.63, 3.8) is 0 Å². The van der Waals surface area contributed by atoms with E-state index in [0.717, 1.165) is 28.3 Å². The van der Waals surface area contributed by atoms with Crippen molar-refractivity contribution in [3.8, 4) is 11.4 Å². The lowest BCUT2D eigenvalue weighted by atomic mass is 9.33. The highest BCUT2D eigenvalue weighted by Crippen LogP contribution is 2.52. The number of fused-ring (bicyclic) bond motifs is 10. The van der Waals surface area contributed by atoms with Gasteiger partial charge in [0.15, 0.2) is 5.82 Å². The van der Waals surface area contributed by atoms with E-state index in [2.05, 4.69) is 209 Å². The third-order valence-electron chi connectivity index (χ3n) is 15.1. The first-order chi connectivity index (χ1) is 33.3. The summed E-state index contributed by atoms with van der Waals surface area (Å²) in [6.07, 6.45) is 3.21. The molecule has 0 bridgehead atoms. The second-order valence-corrected chi connectivity index (χ2v) is 18.3. The second-order valence-electron chi connectivity index (χ2n) is 18.3. The number of aromatic nitrogens is 3. The van der Waals surface area contributed by atoms with Crippen molar-refractivity contribution >= 4 is 143 Å². The molecule has 0 saturated carbocycles. The molecule has 2 aliphatic rings. The van der Waals surface area contributed by atoms with E-state index in [4.69, 9.17) is 9.97 Å². The molecular weight excluding hydrogens is 814 g/mol. The van der Waals surface area contributed by atoms with Crippen LogP contribution in [-0.4, -0.2) is 21.7 Å². The Balaban J connectivity index is 1.16. The average molecular weight is 848 g/mol. The molecule has 14 aromatic rings. The Morgan fingerprint density at radius 2 is 0.731 bits per heavy atom. The summed E-state index contributed by atoms with van der Waals surface area (Å²) >= 11 is 0. The van der Waals surface area contributed by atoms with Crippen LogP contribution in [0.15, 0.2) is 207 Å². The molecule has 0 N–H and O–H groups in total. The zero-order valence-electron chi connectivity index (χ0n) is 35.9. The molecule has 0 aliphatic carbocycles. The van der Waals surface area contributed by atoms with E-state index in [9.17, 15) is 0 Å². The second kappa shape index (κ2) is 12.9. The van der Waals surface area contributed by atoms with Crippen LogP contribution in [0.2, 0.25) is 0 Å². The first-order valence-corrected chi connectivity index (χ1v) is 23.0. The molecule has 6 heteroatoms. The number of rotatable bonds is 3. The van der Waals surface area contributed by atoms with Crippen LogP contribution in [-0.2, 0) is 0 Å². The van der Waals surface area contributed by atoms with Gasteiger partial charge in [0.1, 0.15) is 12.7 Å². The van der Waals surface area contributed by atoms with Gasteiger partial charge in [0, 0.05) is 50.5 Å². The molecule has 1 aromatic heterocycles. The highest BCUT2D eigenvalue weighted by atomic mass is 15.2.